The molecule has 0 unspecified atom stereocenters. The first-order chi connectivity index (χ1) is 13.7. The average Bonchev–Trinajstić information content (AvgIpc) is 3.41. The molecule has 1 aliphatic heterocycles. The highest BCUT2D eigenvalue weighted by Gasteiger charge is 2.22. The second-order valence-corrected chi connectivity index (χ2v) is 7.13. The summed E-state index contributed by atoms with van der Waals surface area (Å²) in [5, 5.41) is 4.08. The van der Waals surface area contributed by atoms with E-state index in [2.05, 4.69) is 22.0 Å². The topological polar surface area (TPSA) is 75.6 Å². The molecule has 0 spiro atoms. The van der Waals surface area contributed by atoms with Gasteiger partial charge in [-0.1, -0.05) is 35.0 Å². The van der Waals surface area contributed by atoms with Gasteiger partial charge < -0.3 is 13.8 Å². The Kier molecular flexibility index (Phi) is 5.53. The van der Waals surface area contributed by atoms with Gasteiger partial charge in [0.05, 0.1) is 11.8 Å². The van der Waals surface area contributed by atoms with Crippen molar-refractivity contribution in [3.05, 3.63) is 59.9 Å². The molecule has 146 valence electrons. The molecule has 7 nitrogen and oxygen atoms in total. The molecule has 0 atom stereocenters. The fourth-order valence-corrected chi connectivity index (χ4v) is 3.37. The van der Waals surface area contributed by atoms with E-state index >= 15 is 0 Å². The van der Waals surface area contributed by atoms with Gasteiger partial charge in [0.2, 0.25) is 11.7 Å². The van der Waals surface area contributed by atoms with Crippen LogP contribution in [0.25, 0.3) is 11.4 Å². The maximum absolute atomic E-state index is 12.3. The number of piperazine rings is 1. The third-order valence-electron chi connectivity index (χ3n) is 5.07. The summed E-state index contributed by atoms with van der Waals surface area (Å²) in [6.07, 6.45) is 4.74. The van der Waals surface area contributed by atoms with Gasteiger partial charge in [0.15, 0.2) is 0 Å². The summed E-state index contributed by atoms with van der Waals surface area (Å²) in [6.45, 7) is 6.24. The zero-order chi connectivity index (χ0) is 19.3. The highest BCUT2D eigenvalue weighted by atomic mass is 16.5. The van der Waals surface area contributed by atoms with Gasteiger partial charge in [0, 0.05) is 38.2 Å². The molecular weight excluding hydrogens is 356 g/mol. The molecule has 3 heterocycles. The first-order valence-corrected chi connectivity index (χ1v) is 9.62. The molecule has 2 aromatic heterocycles. The van der Waals surface area contributed by atoms with E-state index in [0.717, 1.165) is 51.1 Å². The minimum absolute atomic E-state index is 0.0443. The Balaban J connectivity index is 1.21. The summed E-state index contributed by atoms with van der Waals surface area (Å²) in [6, 6.07) is 9.82. The van der Waals surface area contributed by atoms with E-state index in [-0.39, 0.29) is 5.91 Å². The van der Waals surface area contributed by atoms with Gasteiger partial charge in [-0.15, -0.1) is 0 Å². The number of aryl methyl sites for hydroxylation is 2. The van der Waals surface area contributed by atoms with Crippen molar-refractivity contribution in [3.63, 3.8) is 0 Å². The SMILES string of the molecule is Cc1ccc(-c2noc(CCCN3CCN(C(=O)c4ccoc4)CC3)n2)cc1. The fraction of sp³-hybridized carbons (Fsp3) is 0.381. The van der Waals surface area contributed by atoms with E-state index in [1.807, 2.05) is 29.2 Å². The van der Waals surface area contributed by atoms with Crippen LogP contribution >= 0.6 is 0 Å². The molecular formula is C21H24N4O3. The predicted molar refractivity (Wildman–Crippen MR) is 104 cm³/mol. The van der Waals surface area contributed by atoms with Gasteiger partial charge in [-0.05, 0) is 26.0 Å². The van der Waals surface area contributed by atoms with E-state index in [9.17, 15) is 4.79 Å². The average molecular weight is 380 g/mol. The van der Waals surface area contributed by atoms with Crippen LogP contribution in [-0.2, 0) is 6.42 Å². The van der Waals surface area contributed by atoms with Gasteiger partial charge in [0.25, 0.3) is 5.91 Å². The largest absolute Gasteiger partial charge is 0.472 e. The van der Waals surface area contributed by atoms with Crippen molar-refractivity contribution in [2.24, 2.45) is 0 Å². The van der Waals surface area contributed by atoms with Crippen LogP contribution < -0.4 is 0 Å². The van der Waals surface area contributed by atoms with E-state index < -0.39 is 0 Å². The number of nitrogens with zero attached hydrogens (tertiary/aromatic N) is 4. The van der Waals surface area contributed by atoms with Crippen molar-refractivity contribution in [1.29, 1.82) is 0 Å². The smallest absolute Gasteiger partial charge is 0.257 e. The Hall–Kier alpha value is -2.93. The maximum atomic E-state index is 12.3. The Labute approximate surface area is 163 Å². The van der Waals surface area contributed by atoms with Gasteiger partial charge in [-0.3, -0.25) is 9.69 Å². The maximum Gasteiger partial charge on any atom is 0.257 e. The van der Waals surface area contributed by atoms with Crippen LogP contribution in [0.4, 0.5) is 0 Å². The molecule has 1 saturated heterocycles. The van der Waals surface area contributed by atoms with Crippen molar-refractivity contribution in [2.75, 3.05) is 32.7 Å². The predicted octanol–water partition coefficient (Wildman–Crippen LogP) is 3.03. The number of carbonyl (C=O) groups is 1. The van der Waals surface area contributed by atoms with Crippen LogP contribution in [0.15, 0.2) is 51.8 Å². The molecule has 4 rings (SSSR count). The number of aromatic nitrogens is 2. The van der Waals surface area contributed by atoms with Crippen LogP contribution in [-0.4, -0.2) is 58.6 Å². The number of rotatable bonds is 6. The Morgan fingerprint density at radius 2 is 1.89 bits per heavy atom. The second kappa shape index (κ2) is 8.39. The van der Waals surface area contributed by atoms with Crippen LogP contribution in [0, 0.1) is 6.92 Å². The monoisotopic (exact) mass is 380 g/mol. The van der Waals surface area contributed by atoms with Gasteiger partial charge in [-0.2, -0.15) is 4.98 Å². The Morgan fingerprint density at radius 3 is 2.61 bits per heavy atom. The van der Waals surface area contributed by atoms with E-state index in [1.165, 1.54) is 18.1 Å². The standard InChI is InChI=1S/C21H24N4O3/c1-16-4-6-17(7-5-16)20-22-19(28-23-20)3-2-9-24-10-12-25(13-11-24)21(26)18-8-14-27-15-18/h4-8,14-15H,2-3,9-13H2,1H3. The molecule has 0 bridgehead atoms. The highest BCUT2D eigenvalue weighted by molar-refractivity contribution is 5.93. The minimum atomic E-state index is 0.0443. The molecule has 0 N–H and O–H groups in total. The molecule has 7 heteroatoms. The zero-order valence-electron chi connectivity index (χ0n) is 16.0. The molecule has 28 heavy (non-hydrogen) atoms. The summed E-state index contributed by atoms with van der Waals surface area (Å²) >= 11 is 0. The molecule has 1 fully saturated rings. The van der Waals surface area contributed by atoms with Crippen molar-refractivity contribution in [3.8, 4) is 11.4 Å². The van der Waals surface area contributed by atoms with E-state index in [0.29, 0.717) is 17.3 Å². The lowest BCUT2D eigenvalue weighted by molar-refractivity contribution is 0.0635. The molecule has 3 aromatic rings. The zero-order valence-corrected chi connectivity index (χ0v) is 16.0. The van der Waals surface area contributed by atoms with E-state index in [1.54, 1.807) is 6.07 Å². The summed E-state index contributed by atoms with van der Waals surface area (Å²) in [7, 11) is 0. The number of benzene rings is 1. The van der Waals surface area contributed by atoms with Crippen molar-refractivity contribution in [1.82, 2.24) is 19.9 Å². The molecule has 1 aliphatic rings. The first-order valence-electron chi connectivity index (χ1n) is 9.62. The summed E-state index contributed by atoms with van der Waals surface area (Å²) in [5.74, 6) is 1.36. The third kappa shape index (κ3) is 4.31. The van der Waals surface area contributed by atoms with Crippen LogP contribution in [0.3, 0.4) is 0 Å². The number of carbonyl (C=O) groups excluding carboxylic acids is 1. The van der Waals surface area contributed by atoms with Crippen LogP contribution in [0.1, 0.15) is 28.2 Å². The summed E-state index contributed by atoms with van der Waals surface area (Å²) in [5.41, 5.74) is 2.80. The lowest BCUT2D eigenvalue weighted by atomic mass is 10.1. The first kappa shape index (κ1) is 18.4. The molecule has 0 saturated carbocycles. The molecule has 1 amide bonds. The molecule has 1 aromatic carbocycles. The molecule has 0 aliphatic carbocycles. The summed E-state index contributed by atoms with van der Waals surface area (Å²) in [4.78, 5) is 21.1. The van der Waals surface area contributed by atoms with Gasteiger partial charge >= 0.3 is 0 Å². The Bertz CT molecular complexity index is 894. The van der Waals surface area contributed by atoms with Crippen LogP contribution in [0.5, 0.6) is 0 Å². The second-order valence-electron chi connectivity index (χ2n) is 7.13. The third-order valence-corrected chi connectivity index (χ3v) is 5.07. The molecule has 0 radical (unpaired) electrons. The van der Waals surface area contributed by atoms with Gasteiger partial charge in [0.1, 0.15) is 6.26 Å². The number of amides is 1. The number of hydrogen-bond donors (Lipinski definition) is 0. The quantitative estimate of drug-likeness (QED) is 0.654. The Morgan fingerprint density at radius 1 is 1.11 bits per heavy atom. The minimum Gasteiger partial charge on any atom is -0.472 e. The van der Waals surface area contributed by atoms with Crippen molar-refractivity contribution in [2.45, 2.75) is 19.8 Å². The normalized spacial score (nSPS) is 15.1. The highest BCUT2D eigenvalue weighted by Crippen LogP contribution is 2.17. The number of hydrogen-bond acceptors (Lipinski definition) is 6. The lowest BCUT2D eigenvalue weighted by Gasteiger charge is -2.34. The van der Waals surface area contributed by atoms with Gasteiger partial charge in [-0.25, -0.2) is 0 Å². The van der Waals surface area contributed by atoms with Crippen molar-refractivity contribution < 1.29 is 13.7 Å². The summed E-state index contributed by atoms with van der Waals surface area (Å²) < 4.78 is 10.4. The number of furan rings is 1. The van der Waals surface area contributed by atoms with Crippen LogP contribution in [0.2, 0.25) is 0 Å². The fourth-order valence-electron chi connectivity index (χ4n) is 3.37. The van der Waals surface area contributed by atoms with Crippen molar-refractivity contribution >= 4 is 5.91 Å². The van der Waals surface area contributed by atoms with E-state index in [4.69, 9.17) is 8.94 Å². The lowest BCUT2D eigenvalue weighted by Crippen LogP contribution is -2.48.